The first kappa shape index (κ1) is 25.9. The number of aromatic amines is 1. The average Bonchev–Trinajstić information content (AvgIpc) is 3.40. The van der Waals surface area contributed by atoms with Crippen LogP contribution in [-0.2, 0) is 12.1 Å². The Morgan fingerprint density at radius 1 is 0.974 bits per heavy atom. The van der Waals surface area contributed by atoms with Crippen LogP contribution >= 0.6 is 0 Å². The van der Waals surface area contributed by atoms with Gasteiger partial charge in [-0.25, -0.2) is 4.68 Å². The van der Waals surface area contributed by atoms with E-state index in [0.29, 0.717) is 28.4 Å². The predicted molar refractivity (Wildman–Crippen MR) is 146 cm³/mol. The molecule has 4 aromatic rings. The Morgan fingerprint density at radius 3 is 2.32 bits per heavy atom. The first-order chi connectivity index (χ1) is 18.3. The topological polar surface area (TPSA) is 101 Å². The molecule has 1 aliphatic heterocycles. The molecule has 5 rings (SSSR count). The van der Waals surface area contributed by atoms with Gasteiger partial charge in [-0.3, -0.25) is 14.6 Å². The van der Waals surface area contributed by atoms with E-state index in [9.17, 15) is 4.79 Å². The Bertz CT molecular complexity index is 1450. The molecule has 3 heterocycles. The quantitative estimate of drug-likeness (QED) is 0.399. The lowest BCUT2D eigenvalue weighted by molar-refractivity contribution is 0.0975. The van der Waals surface area contributed by atoms with Gasteiger partial charge < -0.3 is 14.5 Å². The SMILES string of the molecule is COc1cc2cc(C(c3nnnn3C(C)(C)C)N3CCN(Cc4ccccc4)CC3)c(=O)[nH]c2cc1OC. The number of fused-ring (bicyclic) bond motifs is 1. The fraction of sp³-hybridized carbons (Fsp3) is 0.429. The van der Waals surface area contributed by atoms with Crippen LogP contribution in [0.2, 0.25) is 0 Å². The van der Waals surface area contributed by atoms with Gasteiger partial charge in [-0.15, -0.1) is 5.10 Å². The maximum Gasteiger partial charge on any atom is 0.253 e. The second kappa shape index (κ2) is 10.5. The van der Waals surface area contributed by atoms with Gasteiger partial charge in [-0.2, -0.15) is 0 Å². The normalized spacial score (nSPS) is 16.0. The number of nitrogens with zero attached hydrogens (tertiary/aromatic N) is 6. The summed E-state index contributed by atoms with van der Waals surface area (Å²) in [4.78, 5) is 21.4. The van der Waals surface area contributed by atoms with Crippen molar-refractivity contribution < 1.29 is 9.47 Å². The summed E-state index contributed by atoms with van der Waals surface area (Å²) in [7, 11) is 3.18. The number of piperazine rings is 1. The Morgan fingerprint density at radius 2 is 1.66 bits per heavy atom. The molecule has 1 N–H and O–H groups in total. The summed E-state index contributed by atoms with van der Waals surface area (Å²) < 4.78 is 12.8. The molecule has 0 aliphatic carbocycles. The molecule has 200 valence electrons. The number of methoxy groups -OCH3 is 2. The molecule has 0 spiro atoms. The van der Waals surface area contributed by atoms with Crippen molar-refractivity contribution in [1.29, 1.82) is 0 Å². The molecule has 0 bridgehead atoms. The van der Waals surface area contributed by atoms with Crippen molar-refractivity contribution in [3.63, 3.8) is 0 Å². The highest BCUT2D eigenvalue weighted by Gasteiger charge is 2.35. The minimum atomic E-state index is -0.413. The third-order valence-electron chi connectivity index (χ3n) is 7.07. The van der Waals surface area contributed by atoms with E-state index >= 15 is 0 Å². The minimum Gasteiger partial charge on any atom is -0.493 e. The van der Waals surface area contributed by atoms with Gasteiger partial charge in [0, 0.05) is 49.7 Å². The van der Waals surface area contributed by atoms with E-state index < -0.39 is 6.04 Å². The van der Waals surface area contributed by atoms with Crippen LogP contribution in [0.3, 0.4) is 0 Å². The first-order valence-corrected chi connectivity index (χ1v) is 12.9. The standard InChI is InChI=1S/C28H35N7O3/c1-28(2,3)35-26(30-31-32-35)25(34-13-11-33(12-14-34)18-19-9-7-6-8-10-19)21-15-20-16-23(37-4)24(38-5)17-22(20)29-27(21)36/h6-10,15-17,25H,11-14,18H2,1-5H3,(H,29,36). The average molecular weight is 518 g/mol. The first-order valence-electron chi connectivity index (χ1n) is 12.9. The molecular formula is C28H35N7O3. The highest BCUT2D eigenvalue weighted by atomic mass is 16.5. The van der Waals surface area contributed by atoms with E-state index in [0.717, 1.165) is 38.1 Å². The Labute approximate surface area is 222 Å². The molecule has 10 nitrogen and oxygen atoms in total. The van der Waals surface area contributed by atoms with E-state index in [1.165, 1.54) is 5.56 Å². The number of H-pyrrole nitrogens is 1. The number of hydrogen-bond donors (Lipinski definition) is 1. The molecule has 1 atom stereocenters. The smallest absolute Gasteiger partial charge is 0.253 e. The van der Waals surface area contributed by atoms with Gasteiger partial charge in [0.1, 0.15) is 6.04 Å². The van der Waals surface area contributed by atoms with Crippen LogP contribution in [0.4, 0.5) is 0 Å². The van der Waals surface area contributed by atoms with E-state index in [4.69, 9.17) is 9.47 Å². The van der Waals surface area contributed by atoms with Crippen molar-refractivity contribution in [2.75, 3.05) is 40.4 Å². The van der Waals surface area contributed by atoms with Crippen LogP contribution in [0, 0.1) is 0 Å². The van der Waals surface area contributed by atoms with Crippen LogP contribution < -0.4 is 15.0 Å². The van der Waals surface area contributed by atoms with Crippen molar-refractivity contribution in [2.45, 2.75) is 38.9 Å². The molecule has 0 radical (unpaired) electrons. The van der Waals surface area contributed by atoms with E-state index in [-0.39, 0.29) is 11.1 Å². The Hall–Kier alpha value is -3.76. The van der Waals surface area contributed by atoms with E-state index in [1.807, 2.05) is 22.9 Å². The maximum absolute atomic E-state index is 13.6. The number of benzene rings is 2. The summed E-state index contributed by atoms with van der Waals surface area (Å²) in [5, 5.41) is 13.6. The van der Waals surface area contributed by atoms with Crippen LogP contribution in [0.1, 0.15) is 43.8 Å². The summed E-state index contributed by atoms with van der Waals surface area (Å²) >= 11 is 0. The summed E-state index contributed by atoms with van der Waals surface area (Å²) in [5.74, 6) is 1.81. The van der Waals surface area contributed by atoms with Crippen molar-refractivity contribution in [3.8, 4) is 11.5 Å². The summed E-state index contributed by atoms with van der Waals surface area (Å²) in [6, 6.07) is 15.7. The Balaban J connectivity index is 1.54. The second-order valence-electron chi connectivity index (χ2n) is 10.7. The zero-order valence-electron chi connectivity index (χ0n) is 22.6. The lowest BCUT2D eigenvalue weighted by Crippen LogP contribution is -2.49. The third kappa shape index (κ3) is 5.14. The number of tetrazole rings is 1. The largest absolute Gasteiger partial charge is 0.493 e. The number of rotatable bonds is 7. The molecule has 10 heteroatoms. The zero-order valence-corrected chi connectivity index (χ0v) is 22.6. The van der Waals surface area contributed by atoms with Gasteiger partial charge in [0.25, 0.3) is 5.56 Å². The van der Waals surface area contributed by atoms with Crippen LogP contribution in [0.5, 0.6) is 11.5 Å². The number of aromatic nitrogens is 5. The molecule has 1 saturated heterocycles. The summed E-state index contributed by atoms with van der Waals surface area (Å²) in [5.41, 5.74) is 2.04. The monoisotopic (exact) mass is 517 g/mol. The second-order valence-corrected chi connectivity index (χ2v) is 10.7. The molecule has 38 heavy (non-hydrogen) atoms. The van der Waals surface area contributed by atoms with Gasteiger partial charge in [0.2, 0.25) is 0 Å². The summed E-state index contributed by atoms with van der Waals surface area (Å²) in [6.45, 7) is 10.4. The van der Waals surface area contributed by atoms with Crippen LogP contribution in [0.25, 0.3) is 10.9 Å². The van der Waals surface area contributed by atoms with Crippen molar-refractivity contribution in [2.24, 2.45) is 0 Å². The molecule has 2 aromatic carbocycles. The zero-order chi connectivity index (χ0) is 26.9. The van der Waals surface area contributed by atoms with Crippen molar-refractivity contribution in [1.82, 2.24) is 35.0 Å². The molecule has 0 amide bonds. The van der Waals surface area contributed by atoms with Gasteiger partial charge >= 0.3 is 0 Å². The number of nitrogens with one attached hydrogen (secondary N) is 1. The fourth-order valence-electron chi connectivity index (χ4n) is 5.12. The van der Waals surface area contributed by atoms with Gasteiger partial charge in [0.15, 0.2) is 17.3 Å². The van der Waals surface area contributed by atoms with Gasteiger partial charge in [-0.1, -0.05) is 30.3 Å². The molecule has 2 aromatic heterocycles. The molecule has 0 saturated carbocycles. The van der Waals surface area contributed by atoms with Gasteiger partial charge in [0.05, 0.1) is 25.3 Å². The number of hydrogen-bond acceptors (Lipinski definition) is 8. The van der Waals surface area contributed by atoms with Gasteiger partial charge in [-0.05, 0) is 48.9 Å². The predicted octanol–water partition coefficient (Wildman–Crippen LogP) is 3.19. The Kier molecular flexibility index (Phi) is 7.18. The summed E-state index contributed by atoms with van der Waals surface area (Å²) in [6.07, 6.45) is 0. The minimum absolute atomic E-state index is 0.176. The fourth-order valence-corrected chi connectivity index (χ4v) is 5.12. The molecular weight excluding hydrogens is 482 g/mol. The molecule has 1 aliphatic rings. The highest BCUT2D eigenvalue weighted by molar-refractivity contribution is 5.83. The van der Waals surface area contributed by atoms with Crippen LogP contribution in [0.15, 0.2) is 53.3 Å². The maximum atomic E-state index is 13.6. The van der Waals surface area contributed by atoms with Crippen molar-refractivity contribution >= 4 is 10.9 Å². The highest BCUT2D eigenvalue weighted by Crippen LogP contribution is 2.34. The lowest BCUT2D eigenvalue weighted by Gasteiger charge is -2.39. The lowest BCUT2D eigenvalue weighted by atomic mass is 10.0. The number of pyridine rings is 1. The third-order valence-corrected chi connectivity index (χ3v) is 7.07. The van der Waals surface area contributed by atoms with Crippen molar-refractivity contribution in [3.05, 3.63) is 75.8 Å². The van der Waals surface area contributed by atoms with Crippen LogP contribution in [-0.4, -0.2) is 75.4 Å². The number of ether oxygens (including phenoxy) is 2. The van der Waals surface area contributed by atoms with E-state index in [1.54, 1.807) is 20.3 Å². The molecule has 1 unspecified atom stereocenters. The van der Waals surface area contributed by atoms with E-state index in [2.05, 4.69) is 75.3 Å². The molecule has 1 fully saturated rings.